The second kappa shape index (κ2) is 9.77. The van der Waals surface area contributed by atoms with E-state index in [-0.39, 0.29) is 11.5 Å². The molecule has 1 amide bonds. The number of rotatable bonds is 5. The normalized spacial score (nSPS) is 17.3. The zero-order valence-corrected chi connectivity index (χ0v) is 18.0. The largest absolute Gasteiger partial charge is 0.367 e. The molecule has 32 heavy (non-hydrogen) atoms. The van der Waals surface area contributed by atoms with Crippen molar-refractivity contribution in [3.8, 4) is 17.2 Å². The fraction of sp³-hybridized carbons (Fsp3) is 0.320. The van der Waals surface area contributed by atoms with Crippen molar-refractivity contribution in [3.05, 3.63) is 70.5 Å². The molecule has 1 aliphatic rings. The summed E-state index contributed by atoms with van der Waals surface area (Å²) in [4.78, 5) is 24.4. The monoisotopic (exact) mass is 430 g/mol. The first-order valence-corrected chi connectivity index (χ1v) is 10.8. The van der Waals surface area contributed by atoms with Crippen LogP contribution in [0.5, 0.6) is 0 Å². The van der Waals surface area contributed by atoms with Crippen LogP contribution in [0.3, 0.4) is 0 Å². The molecule has 2 atom stereocenters. The zero-order chi connectivity index (χ0) is 22.5. The minimum Gasteiger partial charge on any atom is -0.367 e. The third kappa shape index (κ3) is 4.88. The fourth-order valence-corrected chi connectivity index (χ4v) is 3.89. The molecule has 1 aliphatic heterocycles. The quantitative estimate of drug-likeness (QED) is 0.647. The van der Waals surface area contributed by atoms with Crippen LogP contribution >= 0.6 is 0 Å². The van der Waals surface area contributed by atoms with Crippen LogP contribution in [0.2, 0.25) is 0 Å². The predicted octanol–water partition coefficient (Wildman–Crippen LogP) is 2.13. The van der Waals surface area contributed by atoms with Crippen LogP contribution in [0.15, 0.2) is 59.4 Å². The fourth-order valence-electron chi connectivity index (χ4n) is 3.89. The van der Waals surface area contributed by atoms with E-state index in [0.29, 0.717) is 19.6 Å². The molecule has 164 valence electrons. The van der Waals surface area contributed by atoms with Crippen molar-refractivity contribution in [2.75, 3.05) is 19.7 Å². The van der Waals surface area contributed by atoms with Crippen molar-refractivity contribution in [2.24, 2.45) is 7.05 Å². The lowest BCUT2D eigenvalue weighted by molar-refractivity contribution is -0.132. The minimum atomic E-state index is -0.629. The van der Waals surface area contributed by atoms with Gasteiger partial charge in [0.05, 0.1) is 11.6 Å². The molecular formula is C25H26N4O3. The molecule has 2 N–H and O–H groups in total. The van der Waals surface area contributed by atoms with E-state index in [2.05, 4.69) is 16.7 Å². The topological polar surface area (TPSA) is 96.2 Å². The van der Waals surface area contributed by atoms with Gasteiger partial charge in [0.2, 0.25) is 0 Å². The number of fused-ring (bicyclic) bond motifs is 1. The van der Waals surface area contributed by atoms with Crippen LogP contribution < -0.4 is 16.2 Å². The van der Waals surface area contributed by atoms with Crippen LogP contribution in [0, 0.1) is 11.3 Å². The summed E-state index contributed by atoms with van der Waals surface area (Å²) in [6.07, 6.45) is 0.708. The van der Waals surface area contributed by atoms with E-state index in [0.717, 1.165) is 40.6 Å². The molecule has 1 fully saturated rings. The molecule has 2 heterocycles. The van der Waals surface area contributed by atoms with Gasteiger partial charge in [-0.15, -0.1) is 0 Å². The Morgan fingerprint density at radius 1 is 1.22 bits per heavy atom. The summed E-state index contributed by atoms with van der Waals surface area (Å²) in [6, 6.07) is 18.9. The standard InChI is InChI=1S/C25H26N4O3/c1-29-22-14-20(8-7-19(22)9-10-24(29)30)18-5-3-17(4-6-18)13-21(15-26)28-25(31)23-16-27-11-2-12-32-23/h3-10,14,21,23,27H,2,11-13,16H2,1H3,(H,28,31)/t21?,23-/m0/s1. The van der Waals surface area contributed by atoms with Crippen molar-refractivity contribution in [1.82, 2.24) is 15.2 Å². The number of nitrogens with zero attached hydrogens (tertiary/aromatic N) is 2. The molecule has 1 saturated heterocycles. The number of amides is 1. The van der Waals surface area contributed by atoms with Gasteiger partial charge in [0.25, 0.3) is 11.5 Å². The Morgan fingerprint density at radius 2 is 1.97 bits per heavy atom. The smallest absolute Gasteiger partial charge is 0.251 e. The molecule has 0 bridgehead atoms. The number of pyridine rings is 1. The number of carbonyl (C=O) groups excluding carboxylic acids is 1. The van der Waals surface area contributed by atoms with Gasteiger partial charge >= 0.3 is 0 Å². The molecule has 4 rings (SSSR count). The van der Waals surface area contributed by atoms with Crippen molar-refractivity contribution < 1.29 is 9.53 Å². The van der Waals surface area contributed by atoms with E-state index in [1.807, 2.05) is 48.5 Å². The number of carbonyl (C=O) groups is 1. The Labute approximate surface area is 186 Å². The summed E-state index contributed by atoms with van der Waals surface area (Å²) in [5, 5.41) is 16.5. The maximum absolute atomic E-state index is 12.5. The SMILES string of the molecule is Cn1c(=O)ccc2ccc(-c3ccc(CC(C#N)NC(=O)[C@@H]4CNCCCO4)cc3)cc21. The van der Waals surface area contributed by atoms with E-state index >= 15 is 0 Å². The summed E-state index contributed by atoms with van der Waals surface area (Å²) < 4.78 is 7.21. The molecular weight excluding hydrogens is 404 g/mol. The second-order valence-corrected chi connectivity index (χ2v) is 8.01. The molecule has 0 spiro atoms. The maximum atomic E-state index is 12.5. The predicted molar refractivity (Wildman–Crippen MR) is 123 cm³/mol. The Kier molecular flexibility index (Phi) is 6.64. The van der Waals surface area contributed by atoms with Gasteiger partial charge in [0.1, 0.15) is 12.1 Å². The van der Waals surface area contributed by atoms with Crippen LogP contribution in [0.25, 0.3) is 22.0 Å². The highest BCUT2D eigenvalue weighted by Crippen LogP contribution is 2.24. The summed E-state index contributed by atoms with van der Waals surface area (Å²) >= 11 is 0. The lowest BCUT2D eigenvalue weighted by Gasteiger charge is -2.18. The lowest BCUT2D eigenvalue weighted by atomic mass is 10.00. The Hall–Kier alpha value is -3.47. The zero-order valence-electron chi connectivity index (χ0n) is 18.0. The van der Waals surface area contributed by atoms with Gasteiger partial charge in [-0.05, 0) is 47.2 Å². The maximum Gasteiger partial charge on any atom is 0.251 e. The molecule has 7 nitrogen and oxygen atoms in total. The van der Waals surface area contributed by atoms with Crippen molar-refractivity contribution in [2.45, 2.75) is 25.0 Å². The first-order valence-electron chi connectivity index (χ1n) is 10.8. The minimum absolute atomic E-state index is 0.0420. The summed E-state index contributed by atoms with van der Waals surface area (Å²) in [5.41, 5.74) is 3.81. The van der Waals surface area contributed by atoms with E-state index in [1.54, 1.807) is 17.7 Å². The lowest BCUT2D eigenvalue weighted by Crippen LogP contribution is -2.46. The number of aromatic nitrogens is 1. The van der Waals surface area contributed by atoms with Crippen molar-refractivity contribution in [3.63, 3.8) is 0 Å². The van der Waals surface area contributed by atoms with E-state index in [4.69, 9.17) is 4.74 Å². The van der Waals surface area contributed by atoms with E-state index < -0.39 is 12.1 Å². The van der Waals surface area contributed by atoms with Gasteiger partial charge in [-0.1, -0.05) is 36.4 Å². The van der Waals surface area contributed by atoms with Gasteiger partial charge in [-0.2, -0.15) is 5.26 Å². The van der Waals surface area contributed by atoms with Gasteiger partial charge in [-0.25, -0.2) is 0 Å². The summed E-state index contributed by atoms with van der Waals surface area (Å²) in [6.45, 7) is 1.81. The van der Waals surface area contributed by atoms with Crippen LogP contribution in [-0.4, -0.2) is 42.3 Å². The third-order valence-corrected chi connectivity index (χ3v) is 5.77. The van der Waals surface area contributed by atoms with Gasteiger partial charge < -0.3 is 19.9 Å². The Bertz CT molecular complexity index is 1200. The number of nitriles is 1. The number of ether oxygens (including phenoxy) is 1. The number of benzene rings is 2. The molecule has 0 radical (unpaired) electrons. The Morgan fingerprint density at radius 3 is 2.75 bits per heavy atom. The molecule has 1 aromatic heterocycles. The van der Waals surface area contributed by atoms with Crippen LogP contribution in [-0.2, 0) is 23.0 Å². The third-order valence-electron chi connectivity index (χ3n) is 5.77. The highest BCUT2D eigenvalue weighted by Gasteiger charge is 2.23. The van der Waals surface area contributed by atoms with E-state index in [1.165, 1.54) is 0 Å². The molecule has 1 unspecified atom stereocenters. The molecule has 3 aromatic rings. The highest BCUT2D eigenvalue weighted by atomic mass is 16.5. The highest BCUT2D eigenvalue weighted by molar-refractivity contribution is 5.84. The van der Waals surface area contributed by atoms with Crippen molar-refractivity contribution >= 4 is 16.8 Å². The number of aryl methyl sites for hydroxylation is 1. The van der Waals surface area contributed by atoms with Crippen LogP contribution in [0.1, 0.15) is 12.0 Å². The van der Waals surface area contributed by atoms with E-state index in [9.17, 15) is 14.9 Å². The first-order chi connectivity index (χ1) is 15.5. The van der Waals surface area contributed by atoms with Gasteiger partial charge in [0, 0.05) is 32.7 Å². The van der Waals surface area contributed by atoms with Gasteiger partial charge in [-0.3, -0.25) is 9.59 Å². The number of hydrogen-bond donors (Lipinski definition) is 2. The summed E-state index contributed by atoms with van der Waals surface area (Å²) in [5.74, 6) is -0.260. The average Bonchev–Trinajstić information content (AvgIpc) is 3.11. The molecule has 0 aliphatic carbocycles. The van der Waals surface area contributed by atoms with Gasteiger partial charge in [0.15, 0.2) is 0 Å². The summed E-state index contributed by atoms with van der Waals surface area (Å²) in [7, 11) is 1.77. The Balaban J connectivity index is 1.45. The molecule has 7 heteroatoms. The molecule has 0 saturated carbocycles. The first kappa shape index (κ1) is 21.8. The second-order valence-electron chi connectivity index (χ2n) is 8.01. The van der Waals surface area contributed by atoms with Crippen molar-refractivity contribution in [1.29, 1.82) is 5.26 Å². The van der Waals surface area contributed by atoms with Crippen LogP contribution in [0.4, 0.5) is 0 Å². The molecule has 2 aromatic carbocycles. The number of hydrogen-bond acceptors (Lipinski definition) is 5. The average molecular weight is 431 g/mol. The number of nitrogens with one attached hydrogen (secondary N) is 2.